The minimum atomic E-state index is -0.655. The minimum absolute atomic E-state index is 0.136. The second kappa shape index (κ2) is 10.1. The number of carbonyl (C=O) groups is 4. The highest BCUT2D eigenvalue weighted by atomic mass is 16.5. The van der Waals surface area contributed by atoms with Crippen LogP contribution in [0.25, 0.3) is 0 Å². The van der Waals surface area contributed by atoms with Gasteiger partial charge in [0.2, 0.25) is 11.8 Å². The molecule has 1 saturated heterocycles. The number of esters is 1. The first kappa shape index (κ1) is 25.0. The maximum atomic E-state index is 13.5. The van der Waals surface area contributed by atoms with Gasteiger partial charge in [0, 0.05) is 5.69 Å². The Morgan fingerprint density at radius 2 is 1.56 bits per heavy atom. The fourth-order valence-corrected chi connectivity index (χ4v) is 6.78. The van der Waals surface area contributed by atoms with Crippen LogP contribution in [0.4, 0.5) is 11.4 Å². The Kier molecular flexibility index (Phi) is 6.51. The van der Waals surface area contributed by atoms with E-state index in [2.05, 4.69) is 24.4 Å². The molecule has 3 aliphatic rings. The van der Waals surface area contributed by atoms with E-state index in [0.717, 1.165) is 24.8 Å². The van der Waals surface area contributed by atoms with Crippen molar-refractivity contribution in [2.75, 3.05) is 16.8 Å². The largest absolute Gasteiger partial charge is 0.452 e. The van der Waals surface area contributed by atoms with E-state index in [0.29, 0.717) is 17.3 Å². The van der Waals surface area contributed by atoms with Crippen LogP contribution in [0.1, 0.15) is 47.2 Å². The molecule has 1 N–H and O–H groups in total. The Hall–Kier alpha value is -4.26. The lowest BCUT2D eigenvalue weighted by molar-refractivity contribution is -0.123. The molecule has 198 valence electrons. The molecule has 6 rings (SSSR count). The molecule has 5 atom stereocenters. The predicted molar refractivity (Wildman–Crippen MR) is 146 cm³/mol. The van der Waals surface area contributed by atoms with E-state index in [1.54, 1.807) is 24.3 Å². The first-order valence-electron chi connectivity index (χ1n) is 13.5. The van der Waals surface area contributed by atoms with E-state index < -0.39 is 18.5 Å². The summed E-state index contributed by atoms with van der Waals surface area (Å²) >= 11 is 0. The number of fused-ring (bicyclic) bond motifs is 5. The van der Waals surface area contributed by atoms with Gasteiger partial charge in [-0.2, -0.15) is 0 Å². The first-order chi connectivity index (χ1) is 18.9. The maximum Gasteiger partial charge on any atom is 0.338 e. The van der Waals surface area contributed by atoms with Crippen molar-refractivity contribution in [3.05, 3.63) is 95.6 Å². The zero-order valence-electron chi connectivity index (χ0n) is 21.7. The van der Waals surface area contributed by atoms with Gasteiger partial charge in [-0.25, -0.2) is 4.79 Å². The highest BCUT2D eigenvalue weighted by molar-refractivity contribution is 6.22. The van der Waals surface area contributed by atoms with E-state index in [-0.39, 0.29) is 41.0 Å². The third-order valence-electron chi connectivity index (χ3n) is 8.58. The molecule has 3 fully saturated rings. The van der Waals surface area contributed by atoms with E-state index in [4.69, 9.17) is 4.74 Å². The zero-order chi connectivity index (χ0) is 27.1. The van der Waals surface area contributed by atoms with Crippen molar-refractivity contribution in [3.8, 4) is 0 Å². The number of anilines is 2. The number of rotatable bonds is 7. The minimum Gasteiger partial charge on any atom is -0.452 e. The first-order valence-corrected chi connectivity index (χ1v) is 13.5. The van der Waals surface area contributed by atoms with Crippen molar-refractivity contribution in [2.24, 2.45) is 23.7 Å². The molecule has 2 bridgehead atoms. The maximum absolute atomic E-state index is 13.5. The van der Waals surface area contributed by atoms with Crippen LogP contribution in [-0.4, -0.2) is 30.3 Å². The summed E-state index contributed by atoms with van der Waals surface area (Å²) < 4.78 is 5.17. The van der Waals surface area contributed by atoms with E-state index in [9.17, 15) is 19.2 Å². The highest BCUT2D eigenvalue weighted by Gasteiger charge is 2.64. The van der Waals surface area contributed by atoms with Crippen LogP contribution >= 0.6 is 0 Å². The Morgan fingerprint density at radius 1 is 0.872 bits per heavy atom. The average molecular weight is 523 g/mol. The van der Waals surface area contributed by atoms with Gasteiger partial charge in [-0.05, 0) is 84.5 Å². The number of carbonyl (C=O) groups excluding carboxylic acids is 4. The van der Waals surface area contributed by atoms with Crippen LogP contribution < -0.4 is 10.2 Å². The summed E-state index contributed by atoms with van der Waals surface area (Å²) in [4.78, 5) is 52.9. The highest BCUT2D eigenvalue weighted by Crippen LogP contribution is 2.61. The Morgan fingerprint density at radius 3 is 2.26 bits per heavy atom. The van der Waals surface area contributed by atoms with Gasteiger partial charge >= 0.3 is 5.97 Å². The molecular weight excluding hydrogens is 492 g/mol. The molecule has 1 aliphatic heterocycles. The molecule has 3 aromatic rings. The molecule has 2 saturated carbocycles. The lowest BCUT2D eigenvalue weighted by atomic mass is 9.73. The monoisotopic (exact) mass is 522 g/mol. The van der Waals surface area contributed by atoms with Crippen LogP contribution in [-0.2, 0) is 25.5 Å². The Balaban J connectivity index is 1.08. The second-order valence-electron chi connectivity index (χ2n) is 10.7. The third-order valence-corrected chi connectivity index (χ3v) is 8.58. The van der Waals surface area contributed by atoms with Crippen molar-refractivity contribution >= 4 is 35.1 Å². The zero-order valence-corrected chi connectivity index (χ0v) is 21.7. The van der Waals surface area contributed by atoms with Gasteiger partial charge < -0.3 is 10.1 Å². The van der Waals surface area contributed by atoms with Crippen molar-refractivity contribution in [2.45, 2.75) is 32.1 Å². The molecular formula is C32H30N2O5. The van der Waals surface area contributed by atoms with Crippen molar-refractivity contribution in [3.63, 3.8) is 0 Å². The van der Waals surface area contributed by atoms with Crippen LogP contribution in [0.15, 0.2) is 78.9 Å². The quantitative estimate of drug-likeness (QED) is 0.349. The SMILES string of the molecule is CCc1ccc(NC(=O)COC(=O)c2ccc(N3C(=O)[C@@H]4[C@@H]5C[C@@H]([C@H]4C3=O)[C@H](c3ccccc3)C5)cc2)cc1. The van der Waals surface area contributed by atoms with Crippen LogP contribution in [0.5, 0.6) is 0 Å². The van der Waals surface area contributed by atoms with Gasteiger partial charge in [0.05, 0.1) is 23.1 Å². The number of ether oxygens (including phenoxy) is 1. The van der Waals surface area contributed by atoms with Crippen LogP contribution in [0.2, 0.25) is 0 Å². The van der Waals surface area contributed by atoms with Gasteiger partial charge in [0.15, 0.2) is 6.61 Å². The summed E-state index contributed by atoms with van der Waals surface area (Å²) in [7, 11) is 0. The molecule has 1 heterocycles. The summed E-state index contributed by atoms with van der Waals surface area (Å²) in [6, 6.07) is 24.0. The fraction of sp³-hybridized carbons (Fsp3) is 0.312. The van der Waals surface area contributed by atoms with Gasteiger partial charge in [0.1, 0.15) is 0 Å². The summed E-state index contributed by atoms with van der Waals surface area (Å²) in [6.07, 6.45) is 2.76. The molecule has 0 radical (unpaired) electrons. The topological polar surface area (TPSA) is 92.8 Å². The summed E-state index contributed by atoms with van der Waals surface area (Å²) in [5, 5.41) is 2.70. The molecule has 7 heteroatoms. The number of imide groups is 1. The van der Waals surface area contributed by atoms with Gasteiger partial charge in [-0.3, -0.25) is 19.3 Å². The van der Waals surface area contributed by atoms with Crippen molar-refractivity contribution in [1.29, 1.82) is 0 Å². The second-order valence-corrected chi connectivity index (χ2v) is 10.7. The van der Waals surface area contributed by atoms with Crippen molar-refractivity contribution < 1.29 is 23.9 Å². The molecule has 2 aliphatic carbocycles. The average Bonchev–Trinajstić information content (AvgIpc) is 3.64. The molecule has 0 aromatic heterocycles. The normalized spacial score (nSPS) is 25.1. The summed E-state index contributed by atoms with van der Waals surface area (Å²) in [5.74, 6) is -1.22. The molecule has 0 spiro atoms. The fourth-order valence-electron chi connectivity index (χ4n) is 6.78. The molecule has 39 heavy (non-hydrogen) atoms. The lowest BCUT2D eigenvalue weighted by Gasteiger charge is -2.28. The standard InChI is InChI=1S/C32H30N2O5/c1-2-19-8-12-23(13-9-19)33-27(35)18-39-32(38)21-10-14-24(15-11-21)34-30(36)28-22-16-25(20-6-4-3-5-7-20)26(17-22)29(28)31(34)37/h3-15,22,25-26,28-29H,2,16-18H2,1H3,(H,33,35)/t22-,25-,26+,28+,29+/m0/s1. The molecule has 3 aromatic carbocycles. The molecule has 0 unspecified atom stereocenters. The molecule has 7 nitrogen and oxygen atoms in total. The van der Waals surface area contributed by atoms with Gasteiger partial charge in [-0.1, -0.05) is 49.4 Å². The van der Waals surface area contributed by atoms with Gasteiger partial charge in [-0.15, -0.1) is 0 Å². The summed E-state index contributed by atoms with van der Waals surface area (Å²) in [5.41, 5.74) is 3.73. The smallest absolute Gasteiger partial charge is 0.338 e. The number of aryl methyl sites for hydroxylation is 1. The van der Waals surface area contributed by atoms with E-state index in [1.807, 2.05) is 30.3 Å². The van der Waals surface area contributed by atoms with Gasteiger partial charge in [0.25, 0.3) is 5.91 Å². The predicted octanol–water partition coefficient (Wildman–Crippen LogP) is 4.97. The Bertz CT molecular complexity index is 1420. The number of benzene rings is 3. The lowest BCUT2D eigenvalue weighted by Crippen LogP contribution is -2.33. The van der Waals surface area contributed by atoms with Crippen LogP contribution in [0.3, 0.4) is 0 Å². The third kappa shape index (κ3) is 4.52. The van der Waals surface area contributed by atoms with Crippen molar-refractivity contribution in [1.82, 2.24) is 0 Å². The van der Waals surface area contributed by atoms with E-state index >= 15 is 0 Å². The molecule has 3 amide bonds. The summed E-state index contributed by atoms with van der Waals surface area (Å²) in [6.45, 7) is 1.63. The number of nitrogens with zero attached hydrogens (tertiary/aromatic N) is 1. The number of hydrogen-bond acceptors (Lipinski definition) is 5. The number of nitrogens with one attached hydrogen (secondary N) is 1. The Labute approximate surface area is 227 Å². The number of hydrogen-bond donors (Lipinski definition) is 1. The van der Waals surface area contributed by atoms with E-state index in [1.165, 1.54) is 22.6 Å². The number of amides is 3. The van der Waals surface area contributed by atoms with Crippen LogP contribution in [0, 0.1) is 23.7 Å².